The predicted molar refractivity (Wildman–Crippen MR) is 75.1 cm³/mol. The van der Waals surface area contributed by atoms with Gasteiger partial charge < -0.3 is 5.32 Å². The number of hydrogen-bond donors (Lipinski definition) is 1. The lowest BCUT2D eigenvalue weighted by atomic mass is 10.2. The van der Waals surface area contributed by atoms with E-state index >= 15 is 0 Å². The number of thioether (sulfide) groups is 1. The summed E-state index contributed by atoms with van der Waals surface area (Å²) in [6, 6.07) is 9.43. The maximum atomic E-state index is 3.51. The Balaban J connectivity index is 2.12. The average Bonchev–Trinajstić information content (AvgIpc) is 2.28. The van der Waals surface area contributed by atoms with Gasteiger partial charge in [0.25, 0.3) is 0 Å². The van der Waals surface area contributed by atoms with Gasteiger partial charge in [-0.15, -0.1) is 0 Å². The Kier molecular flexibility index (Phi) is 6.58. The molecule has 0 saturated carbocycles. The third-order valence-electron chi connectivity index (χ3n) is 2.70. The zero-order chi connectivity index (χ0) is 11.8. The summed E-state index contributed by atoms with van der Waals surface area (Å²) in [5, 5.41) is 3.51. The van der Waals surface area contributed by atoms with E-state index in [1.807, 2.05) is 11.8 Å². The summed E-state index contributed by atoms with van der Waals surface area (Å²) >= 11 is 2.01. The lowest BCUT2D eigenvalue weighted by Crippen LogP contribution is -2.27. The van der Waals surface area contributed by atoms with Crippen LogP contribution in [0.3, 0.4) is 0 Å². The molecule has 1 atom stereocenters. The van der Waals surface area contributed by atoms with Crippen LogP contribution in [0.5, 0.6) is 0 Å². The number of hydrogen-bond acceptors (Lipinski definition) is 2. The average molecular weight is 237 g/mol. The highest BCUT2D eigenvalue weighted by Crippen LogP contribution is 2.12. The maximum absolute atomic E-state index is 3.51. The van der Waals surface area contributed by atoms with Crippen LogP contribution in [0.15, 0.2) is 24.3 Å². The Hall–Kier alpha value is -0.470. The van der Waals surface area contributed by atoms with Gasteiger partial charge >= 0.3 is 0 Å². The van der Waals surface area contributed by atoms with E-state index in [2.05, 4.69) is 50.4 Å². The van der Waals surface area contributed by atoms with Crippen molar-refractivity contribution in [2.75, 3.05) is 12.3 Å². The fourth-order valence-electron chi connectivity index (χ4n) is 1.51. The Labute approximate surface area is 104 Å². The van der Waals surface area contributed by atoms with Gasteiger partial charge in [0.15, 0.2) is 0 Å². The third kappa shape index (κ3) is 5.57. The summed E-state index contributed by atoms with van der Waals surface area (Å²) in [5.74, 6) is 2.32. The van der Waals surface area contributed by atoms with Gasteiger partial charge in [0, 0.05) is 24.1 Å². The first-order valence-corrected chi connectivity index (χ1v) is 7.24. The van der Waals surface area contributed by atoms with Crippen molar-refractivity contribution in [3.05, 3.63) is 35.4 Å². The van der Waals surface area contributed by atoms with Crippen LogP contribution >= 0.6 is 11.8 Å². The van der Waals surface area contributed by atoms with Crippen LogP contribution in [-0.2, 0) is 5.75 Å². The Morgan fingerprint density at radius 1 is 1.38 bits per heavy atom. The van der Waals surface area contributed by atoms with Gasteiger partial charge in [0.1, 0.15) is 0 Å². The molecular weight excluding hydrogens is 214 g/mol. The molecule has 0 spiro atoms. The normalized spacial score (nSPS) is 12.7. The van der Waals surface area contributed by atoms with Crippen molar-refractivity contribution in [3.8, 4) is 0 Å². The van der Waals surface area contributed by atoms with E-state index in [0.29, 0.717) is 6.04 Å². The molecule has 90 valence electrons. The van der Waals surface area contributed by atoms with E-state index in [9.17, 15) is 0 Å². The highest BCUT2D eigenvalue weighted by molar-refractivity contribution is 7.98. The van der Waals surface area contributed by atoms with Crippen LogP contribution in [0.1, 0.15) is 31.4 Å². The molecule has 1 aromatic carbocycles. The standard InChI is InChI=1S/C14H23NS/c1-4-13(3)15-8-9-16-11-14-7-5-6-12(2)10-14/h5-7,10,13,15H,4,8-9,11H2,1-3H3. The molecule has 0 saturated heterocycles. The summed E-state index contributed by atoms with van der Waals surface area (Å²) < 4.78 is 0. The third-order valence-corrected chi connectivity index (χ3v) is 3.73. The molecule has 0 aliphatic carbocycles. The van der Waals surface area contributed by atoms with E-state index in [1.54, 1.807) is 0 Å². The molecule has 0 amide bonds. The molecule has 0 heterocycles. The molecule has 0 aliphatic rings. The second-order valence-electron chi connectivity index (χ2n) is 4.31. The number of benzene rings is 1. The van der Waals surface area contributed by atoms with Crippen LogP contribution in [0.2, 0.25) is 0 Å². The lowest BCUT2D eigenvalue weighted by molar-refractivity contribution is 0.555. The van der Waals surface area contributed by atoms with Crippen molar-refractivity contribution < 1.29 is 0 Å². The van der Waals surface area contributed by atoms with Gasteiger partial charge in [0.05, 0.1) is 0 Å². The highest BCUT2D eigenvalue weighted by Gasteiger charge is 1.97. The topological polar surface area (TPSA) is 12.0 Å². The molecule has 0 fully saturated rings. The van der Waals surface area contributed by atoms with E-state index in [-0.39, 0.29) is 0 Å². The molecule has 1 N–H and O–H groups in total. The smallest absolute Gasteiger partial charge is 0.0185 e. The molecule has 16 heavy (non-hydrogen) atoms. The van der Waals surface area contributed by atoms with E-state index in [0.717, 1.165) is 12.3 Å². The minimum absolute atomic E-state index is 0.652. The van der Waals surface area contributed by atoms with Crippen molar-refractivity contribution in [1.29, 1.82) is 0 Å². The molecule has 2 heteroatoms. The van der Waals surface area contributed by atoms with Gasteiger partial charge in [0.2, 0.25) is 0 Å². The zero-order valence-electron chi connectivity index (χ0n) is 10.6. The lowest BCUT2D eigenvalue weighted by Gasteiger charge is -2.10. The van der Waals surface area contributed by atoms with Crippen LogP contribution in [0.25, 0.3) is 0 Å². The van der Waals surface area contributed by atoms with E-state index in [1.165, 1.54) is 23.3 Å². The maximum Gasteiger partial charge on any atom is 0.0185 e. The first kappa shape index (κ1) is 13.6. The van der Waals surface area contributed by atoms with E-state index in [4.69, 9.17) is 0 Å². The van der Waals surface area contributed by atoms with Gasteiger partial charge in [-0.25, -0.2) is 0 Å². The predicted octanol–water partition coefficient (Wildman–Crippen LogP) is 3.62. The number of aryl methyl sites for hydroxylation is 1. The molecular formula is C14H23NS. The number of rotatable bonds is 7. The van der Waals surface area contributed by atoms with Crippen molar-refractivity contribution in [1.82, 2.24) is 5.32 Å². The quantitative estimate of drug-likeness (QED) is 0.727. The largest absolute Gasteiger partial charge is 0.313 e. The molecule has 1 aromatic rings. The van der Waals surface area contributed by atoms with Crippen molar-refractivity contribution in [2.24, 2.45) is 0 Å². The van der Waals surface area contributed by atoms with Crippen LogP contribution in [-0.4, -0.2) is 18.3 Å². The molecule has 0 aromatic heterocycles. The zero-order valence-corrected chi connectivity index (χ0v) is 11.4. The van der Waals surface area contributed by atoms with Gasteiger partial charge in [-0.05, 0) is 25.8 Å². The first-order valence-electron chi connectivity index (χ1n) is 6.09. The van der Waals surface area contributed by atoms with Crippen LogP contribution in [0.4, 0.5) is 0 Å². The minimum Gasteiger partial charge on any atom is -0.313 e. The van der Waals surface area contributed by atoms with Crippen LogP contribution < -0.4 is 5.32 Å². The van der Waals surface area contributed by atoms with Crippen molar-refractivity contribution >= 4 is 11.8 Å². The van der Waals surface area contributed by atoms with Gasteiger partial charge in [-0.3, -0.25) is 0 Å². The van der Waals surface area contributed by atoms with Crippen molar-refractivity contribution in [2.45, 2.75) is 39.0 Å². The van der Waals surface area contributed by atoms with Crippen LogP contribution in [0, 0.1) is 6.92 Å². The molecule has 1 unspecified atom stereocenters. The molecule has 1 nitrogen and oxygen atoms in total. The summed E-state index contributed by atoms with van der Waals surface area (Å²) in [4.78, 5) is 0. The molecule has 0 radical (unpaired) electrons. The minimum atomic E-state index is 0.652. The van der Waals surface area contributed by atoms with E-state index < -0.39 is 0 Å². The molecule has 0 bridgehead atoms. The fraction of sp³-hybridized carbons (Fsp3) is 0.571. The van der Waals surface area contributed by atoms with Crippen molar-refractivity contribution in [3.63, 3.8) is 0 Å². The second-order valence-corrected chi connectivity index (χ2v) is 5.41. The van der Waals surface area contributed by atoms with Gasteiger partial charge in [-0.1, -0.05) is 36.8 Å². The Bertz CT molecular complexity index is 299. The molecule has 1 rings (SSSR count). The molecule has 0 aliphatic heterocycles. The fourth-order valence-corrected chi connectivity index (χ4v) is 2.34. The first-order chi connectivity index (χ1) is 7.72. The number of nitrogens with one attached hydrogen (secondary N) is 1. The highest BCUT2D eigenvalue weighted by atomic mass is 32.2. The van der Waals surface area contributed by atoms with Gasteiger partial charge in [-0.2, -0.15) is 11.8 Å². The second kappa shape index (κ2) is 7.75. The Morgan fingerprint density at radius 3 is 2.88 bits per heavy atom. The monoisotopic (exact) mass is 237 g/mol. The summed E-state index contributed by atoms with van der Waals surface area (Å²) in [6.45, 7) is 7.73. The summed E-state index contributed by atoms with van der Waals surface area (Å²) in [6.07, 6.45) is 1.21. The SMILES string of the molecule is CCC(C)NCCSCc1cccc(C)c1. The summed E-state index contributed by atoms with van der Waals surface area (Å²) in [7, 11) is 0. The Morgan fingerprint density at radius 2 is 2.19 bits per heavy atom. The summed E-state index contributed by atoms with van der Waals surface area (Å²) in [5.41, 5.74) is 2.80.